The normalized spacial score (nSPS) is 10.6. The molecule has 2 rings (SSSR count). The maximum Gasteiger partial charge on any atom is 0.201 e. The van der Waals surface area contributed by atoms with E-state index in [0.717, 1.165) is 35.7 Å². The van der Waals surface area contributed by atoms with Gasteiger partial charge in [0.1, 0.15) is 5.75 Å². The first-order valence-electron chi connectivity index (χ1n) is 5.31. The van der Waals surface area contributed by atoms with Crippen molar-refractivity contribution in [2.75, 3.05) is 25.5 Å². The second-order valence-corrected chi connectivity index (χ2v) is 3.54. The summed E-state index contributed by atoms with van der Waals surface area (Å²) in [5, 5.41) is 3.18. The van der Waals surface area contributed by atoms with E-state index in [1.807, 2.05) is 18.2 Å². The molecule has 0 aliphatic rings. The van der Waals surface area contributed by atoms with Crippen LogP contribution < -0.4 is 15.8 Å². The summed E-state index contributed by atoms with van der Waals surface area (Å²) in [5.74, 6) is 1.60. The van der Waals surface area contributed by atoms with Gasteiger partial charge in [-0.25, -0.2) is 4.98 Å². The van der Waals surface area contributed by atoms with Crippen LogP contribution in [0.1, 0.15) is 6.42 Å². The van der Waals surface area contributed by atoms with Crippen molar-refractivity contribution in [1.82, 2.24) is 9.97 Å². The van der Waals surface area contributed by atoms with Crippen LogP contribution in [-0.4, -0.2) is 30.2 Å². The van der Waals surface area contributed by atoms with Crippen LogP contribution in [0.3, 0.4) is 0 Å². The number of hydrogen-bond acceptors (Lipinski definition) is 4. The Labute approximate surface area is 94.0 Å². The minimum Gasteiger partial charge on any atom is -0.497 e. The molecular weight excluding hydrogens is 204 g/mol. The number of methoxy groups -OCH3 is 1. The van der Waals surface area contributed by atoms with E-state index >= 15 is 0 Å². The maximum absolute atomic E-state index is 5.42. The Hall–Kier alpha value is -1.75. The van der Waals surface area contributed by atoms with E-state index in [1.54, 1.807) is 7.11 Å². The Kier molecular flexibility index (Phi) is 3.26. The van der Waals surface area contributed by atoms with Gasteiger partial charge in [-0.3, -0.25) is 0 Å². The molecule has 0 aliphatic carbocycles. The molecule has 1 heterocycles. The summed E-state index contributed by atoms with van der Waals surface area (Å²) in [7, 11) is 1.65. The standard InChI is InChI=1S/C11H16N4O/c1-16-8-3-4-9-10(7-8)15-11(14-9)13-6-2-5-12/h3-4,7H,2,5-6,12H2,1H3,(H2,13,14,15). The number of anilines is 1. The molecule has 4 N–H and O–H groups in total. The topological polar surface area (TPSA) is 76.0 Å². The van der Waals surface area contributed by atoms with E-state index in [2.05, 4.69) is 15.3 Å². The molecule has 0 spiro atoms. The van der Waals surface area contributed by atoms with Gasteiger partial charge in [-0.2, -0.15) is 0 Å². The van der Waals surface area contributed by atoms with Crippen LogP contribution in [0.4, 0.5) is 5.95 Å². The summed E-state index contributed by atoms with van der Waals surface area (Å²) in [6.07, 6.45) is 0.931. The van der Waals surface area contributed by atoms with Crippen LogP contribution in [-0.2, 0) is 0 Å². The van der Waals surface area contributed by atoms with Crippen LogP contribution in [0.25, 0.3) is 11.0 Å². The predicted octanol–water partition coefficient (Wildman–Crippen LogP) is 1.33. The number of ether oxygens (including phenoxy) is 1. The van der Waals surface area contributed by atoms with Gasteiger partial charge in [0.05, 0.1) is 18.1 Å². The highest BCUT2D eigenvalue weighted by molar-refractivity contribution is 5.79. The number of aromatic amines is 1. The summed E-state index contributed by atoms with van der Waals surface area (Å²) in [6, 6.07) is 5.75. The molecule has 16 heavy (non-hydrogen) atoms. The summed E-state index contributed by atoms with van der Waals surface area (Å²) >= 11 is 0. The Morgan fingerprint density at radius 1 is 1.50 bits per heavy atom. The third kappa shape index (κ3) is 2.25. The molecule has 1 aromatic carbocycles. The van der Waals surface area contributed by atoms with Crippen molar-refractivity contribution in [2.45, 2.75) is 6.42 Å². The molecule has 5 nitrogen and oxygen atoms in total. The number of nitrogens with two attached hydrogens (primary N) is 1. The number of fused-ring (bicyclic) bond motifs is 1. The number of benzene rings is 1. The molecule has 0 amide bonds. The fraction of sp³-hybridized carbons (Fsp3) is 0.364. The van der Waals surface area contributed by atoms with Crippen LogP contribution in [0.5, 0.6) is 5.75 Å². The van der Waals surface area contributed by atoms with Gasteiger partial charge >= 0.3 is 0 Å². The molecule has 0 bridgehead atoms. The van der Waals surface area contributed by atoms with Crippen molar-refractivity contribution in [2.24, 2.45) is 5.73 Å². The summed E-state index contributed by atoms with van der Waals surface area (Å²) in [6.45, 7) is 1.51. The van der Waals surface area contributed by atoms with Gasteiger partial charge in [0, 0.05) is 12.6 Å². The lowest BCUT2D eigenvalue weighted by Crippen LogP contribution is -2.09. The predicted molar refractivity (Wildman–Crippen MR) is 64.8 cm³/mol. The molecule has 0 unspecified atom stereocenters. The van der Waals surface area contributed by atoms with Crippen molar-refractivity contribution < 1.29 is 4.74 Å². The van der Waals surface area contributed by atoms with Gasteiger partial charge in [0.15, 0.2) is 0 Å². The van der Waals surface area contributed by atoms with Gasteiger partial charge < -0.3 is 20.8 Å². The zero-order valence-electron chi connectivity index (χ0n) is 9.29. The van der Waals surface area contributed by atoms with Crippen molar-refractivity contribution in [1.29, 1.82) is 0 Å². The molecule has 0 fully saturated rings. The minimum atomic E-state index is 0.682. The lowest BCUT2D eigenvalue weighted by molar-refractivity contribution is 0.415. The molecule has 0 radical (unpaired) electrons. The number of nitrogens with one attached hydrogen (secondary N) is 2. The average Bonchev–Trinajstić information content (AvgIpc) is 2.70. The maximum atomic E-state index is 5.42. The Morgan fingerprint density at radius 3 is 3.12 bits per heavy atom. The molecule has 1 aromatic heterocycles. The monoisotopic (exact) mass is 220 g/mol. The Balaban J connectivity index is 2.16. The van der Waals surface area contributed by atoms with E-state index in [0.29, 0.717) is 6.54 Å². The minimum absolute atomic E-state index is 0.682. The second-order valence-electron chi connectivity index (χ2n) is 3.54. The summed E-state index contributed by atoms with van der Waals surface area (Å²) < 4.78 is 5.15. The summed E-state index contributed by atoms with van der Waals surface area (Å²) in [5.41, 5.74) is 7.31. The lowest BCUT2D eigenvalue weighted by Gasteiger charge is -1.99. The highest BCUT2D eigenvalue weighted by atomic mass is 16.5. The number of nitrogens with zero attached hydrogens (tertiary/aromatic N) is 1. The van der Waals surface area contributed by atoms with Crippen molar-refractivity contribution >= 4 is 17.0 Å². The van der Waals surface area contributed by atoms with Gasteiger partial charge in [-0.05, 0) is 25.1 Å². The van der Waals surface area contributed by atoms with Crippen LogP contribution in [0, 0.1) is 0 Å². The number of rotatable bonds is 5. The molecule has 0 aliphatic heterocycles. The fourth-order valence-corrected chi connectivity index (χ4v) is 1.51. The molecular formula is C11H16N4O. The second kappa shape index (κ2) is 4.85. The third-order valence-electron chi connectivity index (χ3n) is 2.36. The Bertz CT molecular complexity index is 466. The quantitative estimate of drug-likeness (QED) is 0.664. The van der Waals surface area contributed by atoms with Gasteiger partial charge in [0.2, 0.25) is 5.95 Å². The van der Waals surface area contributed by atoms with Crippen LogP contribution >= 0.6 is 0 Å². The van der Waals surface area contributed by atoms with Crippen molar-refractivity contribution in [3.8, 4) is 5.75 Å². The van der Waals surface area contributed by atoms with Gasteiger partial charge in [-0.1, -0.05) is 0 Å². The third-order valence-corrected chi connectivity index (χ3v) is 2.36. The largest absolute Gasteiger partial charge is 0.497 e. The van der Waals surface area contributed by atoms with Crippen LogP contribution in [0.15, 0.2) is 18.2 Å². The zero-order chi connectivity index (χ0) is 11.4. The molecule has 0 saturated heterocycles. The van der Waals surface area contributed by atoms with E-state index in [1.165, 1.54) is 0 Å². The molecule has 0 saturated carbocycles. The first-order chi connectivity index (χ1) is 7.83. The number of aromatic nitrogens is 2. The first kappa shape index (κ1) is 10.8. The van der Waals surface area contributed by atoms with Crippen molar-refractivity contribution in [3.05, 3.63) is 18.2 Å². The smallest absolute Gasteiger partial charge is 0.201 e. The van der Waals surface area contributed by atoms with E-state index in [9.17, 15) is 0 Å². The van der Waals surface area contributed by atoms with Gasteiger partial charge in [-0.15, -0.1) is 0 Å². The zero-order valence-corrected chi connectivity index (χ0v) is 9.29. The SMILES string of the molecule is COc1ccc2nc(NCCCN)[nH]c2c1. The highest BCUT2D eigenvalue weighted by Gasteiger charge is 2.02. The summed E-state index contributed by atoms with van der Waals surface area (Å²) in [4.78, 5) is 7.58. The first-order valence-corrected chi connectivity index (χ1v) is 5.31. The number of imidazole rings is 1. The molecule has 2 aromatic rings. The van der Waals surface area contributed by atoms with E-state index < -0.39 is 0 Å². The van der Waals surface area contributed by atoms with Crippen molar-refractivity contribution in [3.63, 3.8) is 0 Å². The van der Waals surface area contributed by atoms with Gasteiger partial charge in [0.25, 0.3) is 0 Å². The van der Waals surface area contributed by atoms with E-state index in [-0.39, 0.29) is 0 Å². The number of hydrogen-bond donors (Lipinski definition) is 3. The highest BCUT2D eigenvalue weighted by Crippen LogP contribution is 2.20. The lowest BCUT2D eigenvalue weighted by atomic mass is 10.3. The fourth-order valence-electron chi connectivity index (χ4n) is 1.51. The molecule has 5 heteroatoms. The Morgan fingerprint density at radius 2 is 2.38 bits per heavy atom. The molecule has 0 atom stereocenters. The average molecular weight is 220 g/mol. The number of H-pyrrole nitrogens is 1. The molecule has 86 valence electrons. The van der Waals surface area contributed by atoms with E-state index in [4.69, 9.17) is 10.5 Å². The van der Waals surface area contributed by atoms with Crippen LogP contribution in [0.2, 0.25) is 0 Å².